The number of hydrogen-bond acceptors (Lipinski definition) is 2. The third-order valence-electron chi connectivity index (χ3n) is 7.82. The Balaban J connectivity index is 1.37. The summed E-state index contributed by atoms with van der Waals surface area (Å²) in [7, 11) is -3.04. The summed E-state index contributed by atoms with van der Waals surface area (Å²) in [5, 5.41) is 2.51. The minimum Gasteiger partial charge on any atom is -0.312 e. The van der Waals surface area contributed by atoms with Crippen LogP contribution in [0.1, 0.15) is 0 Å². The zero-order valence-electron chi connectivity index (χ0n) is 22.0. The average Bonchev–Trinajstić information content (AvgIpc) is 3.04. The van der Waals surface area contributed by atoms with E-state index in [1.165, 1.54) is 16.4 Å². The van der Waals surface area contributed by atoms with Crippen LogP contribution in [0, 0.1) is 0 Å². The molecule has 1 aliphatic rings. The van der Waals surface area contributed by atoms with Crippen molar-refractivity contribution in [1.82, 2.24) is 0 Å². The number of fused-ring (bicyclic) bond motifs is 2. The lowest BCUT2D eigenvalue weighted by atomic mass is 9.35. The molecule has 0 radical (unpaired) electrons. The highest BCUT2D eigenvalue weighted by molar-refractivity contribution is 7.85. The van der Waals surface area contributed by atoms with Crippen LogP contribution < -0.4 is 37.2 Å². The van der Waals surface area contributed by atoms with Gasteiger partial charge in [-0.3, -0.25) is 0 Å². The highest BCUT2D eigenvalue weighted by Gasteiger charge is 2.35. The molecule has 0 aromatic heterocycles. The summed E-state index contributed by atoms with van der Waals surface area (Å²) in [5.41, 5.74) is 7.20. The number of anilines is 3. The van der Waals surface area contributed by atoms with Gasteiger partial charge in [0.05, 0.1) is 0 Å². The summed E-state index contributed by atoms with van der Waals surface area (Å²) in [6.07, 6.45) is 0. The van der Waals surface area contributed by atoms with Gasteiger partial charge in [-0.1, -0.05) is 133 Å². The number of benzene rings is 6. The maximum absolute atomic E-state index is 14.9. The van der Waals surface area contributed by atoms with E-state index in [4.69, 9.17) is 0 Å². The molecule has 7 rings (SSSR count). The van der Waals surface area contributed by atoms with Crippen molar-refractivity contribution in [3.63, 3.8) is 0 Å². The molecule has 0 saturated heterocycles. The summed E-state index contributed by atoms with van der Waals surface area (Å²) in [6.45, 7) is 0.153. The maximum atomic E-state index is 14.9. The first-order valence-corrected chi connectivity index (χ1v) is 15.3. The Bertz CT molecular complexity index is 1730. The molecule has 1 heterocycles. The van der Waals surface area contributed by atoms with Crippen molar-refractivity contribution >= 4 is 63.2 Å². The average molecular weight is 531 g/mol. The Hall–Kier alpha value is -4.59. The second kappa shape index (κ2) is 10.2. The second-order valence-corrected chi connectivity index (χ2v) is 12.9. The first-order chi connectivity index (χ1) is 19.7. The Morgan fingerprint density at radius 1 is 0.425 bits per heavy atom. The smallest absolute Gasteiger partial charge is 0.246 e. The monoisotopic (exact) mass is 531 g/mol. The van der Waals surface area contributed by atoms with Gasteiger partial charge in [0.2, 0.25) is 6.71 Å². The predicted octanol–water partition coefficient (Wildman–Crippen LogP) is 5.63. The lowest BCUT2D eigenvalue weighted by molar-refractivity contribution is 0.592. The van der Waals surface area contributed by atoms with E-state index >= 15 is 0 Å². The second-order valence-electron chi connectivity index (χ2n) is 10.1. The largest absolute Gasteiger partial charge is 0.312 e. The number of nitrogens with zero attached hydrogens (tertiary/aromatic N) is 1. The molecule has 0 aliphatic carbocycles. The SMILES string of the molecule is O=P(c1ccccc1)(c1ccccc1)c1ccc(N2c3ccccc3B(c3ccccc3)c3ccccc32)cc1. The van der Waals surface area contributed by atoms with Crippen molar-refractivity contribution in [2.45, 2.75) is 0 Å². The van der Waals surface area contributed by atoms with Crippen molar-refractivity contribution in [2.24, 2.45) is 0 Å². The van der Waals surface area contributed by atoms with Gasteiger partial charge in [0.15, 0.2) is 7.14 Å². The number of rotatable bonds is 5. The molecule has 0 amide bonds. The molecule has 6 aromatic rings. The zero-order valence-corrected chi connectivity index (χ0v) is 22.9. The Morgan fingerprint density at radius 2 is 0.825 bits per heavy atom. The Labute approximate surface area is 236 Å². The fourth-order valence-corrected chi connectivity index (χ4v) is 8.63. The van der Waals surface area contributed by atoms with Gasteiger partial charge < -0.3 is 9.46 Å². The van der Waals surface area contributed by atoms with E-state index in [0.717, 1.165) is 33.0 Å². The molecule has 0 atom stereocenters. The van der Waals surface area contributed by atoms with E-state index in [1.54, 1.807) is 0 Å². The Morgan fingerprint density at radius 3 is 1.32 bits per heavy atom. The van der Waals surface area contributed by atoms with Crippen LogP contribution in [0.4, 0.5) is 17.1 Å². The van der Waals surface area contributed by atoms with Crippen molar-refractivity contribution in [2.75, 3.05) is 4.90 Å². The molecule has 0 fully saturated rings. The van der Waals surface area contributed by atoms with Crippen LogP contribution in [0.3, 0.4) is 0 Å². The minimum absolute atomic E-state index is 0.153. The van der Waals surface area contributed by atoms with E-state index in [-0.39, 0.29) is 6.71 Å². The van der Waals surface area contributed by atoms with Gasteiger partial charge in [-0.2, -0.15) is 0 Å². The molecule has 4 heteroatoms. The first-order valence-electron chi connectivity index (χ1n) is 13.6. The standard InChI is InChI=1S/C36H27BNOP/c39-40(30-16-6-2-7-17-30,31-18-8-3-9-19-31)32-26-24-29(25-27-32)38-35-22-12-10-20-33(35)37(28-14-4-1-5-15-28)34-21-11-13-23-36(34)38/h1-27H. The summed E-state index contributed by atoms with van der Waals surface area (Å²) >= 11 is 0. The van der Waals surface area contributed by atoms with E-state index in [0.29, 0.717) is 0 Å². The van der Waals surface area contributed by atoms with Crippen LogP contribution in [0.5, 0.6) is 0 Å². The van der Waals surface area contributed by atoms with Crippen molar-refractivity contribution in [3.8, 4) is 0 Å². The summed E-state index contributed by atoms with van der Waals surface area (Å²) < 4.78 is 14.9. The molecular weight excluding hydrogens is 504 g/mol. The third kappa shape index (κ3) is 4.02. The van der Waals surface area contributed by atoms with E-state index in [2.05, 4.69) is 95.9 Å². The fraction of sp³-hybridized carbons (Fsp3) is 0. The van der Waals surface area contributed by atoms with Gasteiger partial charge in [0.1, 0.15) is 0 Å². The number of hydrogen-bond donors (Lipinski definition) is 0. The molecule has 0 bridgehead atoms. The molecule has 40 heavy (non-hydrogen) atoms. The highest BCUT2D eigenvalue weighted by Crippen LogP contribution is 2.43. The van der Waals surface area contributed by atoms with Gasteiger partial charge in [0.25, 0.3) is 0 Å². The molecular formula is C36H27BNOP. The van der Waals surface area contributed by atoms with Gasteiger partial charge in [-0.25, -0.2) is 0 Å². The normalized spacial score (nSPS) is 12.5. The molecule has 0 unspecified atom stereocenters. The molecule has 0 N–H and O–H groups in total. The van der Waals surface area contributed by atoms with Gasteiger partial charge >= 0.3 is 0 Å². The minimum atomic E-state index is -3.04. The molecule has 1 aliphatic heterocycles. The van der Waals surface area contributed by atoms with Crippen molar-refractivity contribution in [3.05, 3.63) is 164 Å². The van der Waals surface area contributed by atoms with Crippen LogP contribution in [-0.2, 0) is 4.57 Å². The van der Waals surface area contributed by atoms with Crippen LogP contribution in [0.2, 0.25) is 0 Å². The predicted molar refractivity (Wildman–Crippen MR) is 172 cm³/mol. The van der Waals surface area contributed by atoms with E-state index in [1.807, 2.05) is 72.8 Å². The van der Waals surface area contributed by atoms with Crippen LogP contribution in [0.25, 0.3) is 0 Å². The molecule has 2 nitrogen and oxygen atoms in total. The molecule has 0 saturated carbocycles. The molecule has 6 aromatic carbocycles. The lowest BCUT2D eigenvalue weighted by Crippen LogP contribution is -2.57. The third-order valence-corrected chi connectivity index (χ3v) is 10.9. The highest BCUT2D eigenvalue weighted by atomic mass is 31.2. The van der Waals surface area contributed by atoms with E-state index < -0.39 is 7.14 Å². The fourth-order valence-electron chi connectivity index (χ4n) is 5.99. The summed E-state index contributed by atoms with van der Waals surface area (Å²) in [4.78, 5) is 2.34. The van der Waals surface area contributed by atoms with E-state index in [9.17, 15) is 4.57 Å². The quantitative estimate of drug-likeness (QED) is 0.212. The Kier molecular flexibility index (Phi) is 6.23. The summed E-state index contributed by atoms with van der Waals surface area (Å²) in [5.74, 6) is 0. The van der Waals surface area contributed by atoms with Crippen LogP contribution in [-0.4, -0.2) is 6.71 Å². The first kappa shape index (κ1) is 24.5. The van der Waals surface area contributed by atoms with Gasteiger partial charge in [-0.15, -0.1) is 0 Å². The lowest BCUT2D eigenvalue weighted by Gasteiger charge is -2.37. The summed E-state index contributed by atoms with van der Waals surface area (Å²) in [6, 6.07) is 56.1. The molecule has 0 spiro atoms. The van der Waals surface area contributed by atoms with Crippen molar-refractivity contribution in [1.29, 1.82) is 0 Å². The van der Waals surface area contributed by atoms with Crippen LogP contribution >= 0.6 is 7.14 Å². The van der Waals surface area contributed by atoms with Gasteiger partial charge in [0, 0.05) is 33.0 Å². The maximum Gasteiger partial charge on any atom is 0.246 e. The topological polar surface area (TPSA) is 20.3 Å². The number of para-hydroxylation sites is 2. The zero-order chi connectivity index (χ0) is 26.9. The van der Waals surface area contributed by atoms with Crippen molar-refractivity contribution < 1.29 is 4.57 Å². The van der Waals surface area contributed by atoms with Gasteiger partial charge in [-0.05, 0) is 47.3 Å². The molecule has 190 valence electrons. The van der Waals surface area contributed by atoms with Crippen LogP contribution in [0.15, 0.2) is 164 Å².